The predicted molar refractivity (Wildman–Crippen MR) is 115 cm³/mol. The van der Waals surface area contributed by atoms with Crippen LogP contribution in [0.3, 0.4) is 0 Å². The lowest BCUT2D eigenvalue weighted by atomic mass is 10.2. The highest BCUT2D eigenvalue weighted by Crippen LogP contribution is 2.39. The van der Waals surface area contributed by atoms with Crippen molar-refractivity contribution in [3.05, 3.63) is 65.1 Å². The van der Waals surface area contributed by atoms with E-state index in [1.54, 1.807) is 48.5 Å². The van der Waals surface area contributed by atoms with Crippen LogP contribution in [0.2, 0.25) is 5.02 Å². The Bertz CT molecular complexity index is 1190. The molecule has 4 rings (SSSR count). The number of hydrogen-bond donors (Lipinski definition) is 1. The van der Waals surface area contributed by atoms with Gasteiger partial charge in [-0.2, -0.15) is 5.10 Å². The Morgan fingerprint density at radius 1 is 1.20 bits per heavy atom. The summed E-state index contributed by atoms with van der Waals surface area (Å²) in [5, 5.41) is 9.76. The number of benzene rings is 2. The lowest BCUT2D eigenvalue weighted by molar-refractivity contribution is 0.102. The van der Waals surface area contributed by atoms with Crippen molar-refractivity contribution < 1.29 is 14.3 Å². The molecule has 10 heteroatoms. The second-order valence-corrected chi connectivity index (χ2v) is 7.33. The summed E-state index contributed by atoms with van der Waals surface area (Å²) in [6.07, 6.45) is 2.95. The van der Waals surface area contributed by atoms with Gasteiger partial charge in [0.05, 0.1) is 31.2 Å². The number of methoxy groups -OCH3 is 2. The van der Waals surface area contributed by atoms with Crippen LogP contribution in [0.25, 0.3) is 16.3 Å². The number of hydrogen-bond acceptors (Lipinski definition) is 7. The number of carbonyl (C=O) groups is 1. The smallest absolute Gasteiger partial charge is 0.275 e. The van der Waals surface area contributed by atoms with E-state index < -0.39 is 0 Å². The first-order valence-corrected chi connectivity index (χ1v) is 9.99. The quantitative estimate of drug-likeness (QED) is 0.479. The van der Waals surface area contributed by atoms with Crippen LogP contribution in [-0.2, 0) is 0 Å². The molecule has 8 nitrogen and oxygen atoms in total. The number of ether oxygens (including phenoxy) is 2. The molecule has 152 valence electrons. The monoisotopic (exact) mass is 441 g/mol. The number of aromatic nitrogens is 4. The molecule has 0 unspecified atom stereocenters. The molecule has 0 saturated carbocycles. The van der Waals surface area contributed by atoms with Crippen molar-refractivity contribution in [3.8, 4) is 27.8 Å². The summed E-state index contributed by atoms with van der Waals surface area (Å²) in [6.45, 7) is 0. The zero-order chi connectivity index (χ0) is 21.1. The first-order chi connectivity index (χ1) is 14.6. The van der Waals surface area contributed by atoms with Crippen molar-refractivity contribution in [2.75, 3.05) is 19.5 Å². The molecule has 4 aromatic rings. The van der Waals surface area contributed by atoms with Crippen molar-refractivity contribution in [2.24, 2.45) is 0 Å². The van der Waals surface area contributed by atoms with E-state index in [-0.39, 0.29) is 11.6 Å². The predicted octanol–water partition coefficient (Wildman–Crippen LogP) is 4.31. The summed E-state index contributed by atoms with van der Waals surface area (Å²) in [5.74, 6) is 0.778. The number of halogens is 1. The maximum absolute atomic E-state index is 12.9. The van der Waals surface area contributed by atoms with Crippen molar-refractivity contribution in [3.63, 3.8) is 0 Å². The minimum absolute atomic E-state index is 0.268. The second kappa shape index (κ2) is 8.52. The highest BCUT2D eigenvalue weighted by molar-refractivity contribution is 7.13. The van der Waals surface area contributed by atoms with E-state index >= 15 is 0 Å². The summed E-state index contributed by atoms with van der Waals surface area (Å²) in [6, 6.07) is 10.6. The molecular weight excluding hydrogens is 426 g/mol. The van der Waals surface area contributed by atoms with Gasteiger partial charge in [0.1, 0.15) is 23.4 Å². The molecule has 2 aromatic heterocycles. The fourth-order valence-corrected chi connectivity index (χ4v) is 3.88. The Morgan fingerprint density at radius 3 is 2.80 bits per heavy atom. The van der Waals surface area contributed by atoms with Crippen LogP contribution >= 0.6 is 22.9 Å². The maximum Gasteiger partial charge on any atom is 0.275 e. The van der Waals surface area contributed by atoms with Crippen molar-refractivity contribution in [2.45, 2.75) is 0 Å². The Balaban J connectivity index is 1.63. The molecule has 0 fully saturated rings. The van der Waals surface area contributed by atoms with E-state index in [0.717, 1.165) is 5.56 Å². The first kappa shape index (κ1) is 19.9. The third kappa shape index (κ3) is 3.85. The average Bonchev–Trinajstić information content (AvgIpc) is 3.45. The standard InChI is InChI=1S/C20H16ClN5O3S/c1-28-17-5-3-4-13(18(17)29-2)20-25-15(9-30-20)19(27)24-14-8-12(21)6-7-16(14)26-11-22-10-23-26/h3-11H,1-2H3,(H,24,27). The van der Waals surface area contributed by atoms with E-state index in [1.807, 2.05) is 12.1 Å². The fourth-order valence-electron chi connectivity index (χ4n) is 2.88. The van der Waals surface area contributed by atoms with E-state index in [1.165, 1.54) is 24.0 Å². The molecule has 0 spiro atoms. The zero-order valence-electron chi connectivity index (χ0n) is 16.0. The van der Waals surface area contributed by atoms with Gasteiger partial charge in [-0.1, -0.05) is 17.7 Å². The van der Waals surface area contributed by atoms with Gasteiger partial charge in [0.25, 0.3) is 5.91 Å². The molecule has 30 heavy (non-hydrogen) atoms. The molecule has 0 aliphatic carbocycles. The van der Waals surface area contributed by atoms with Gasteiger partial charge in [-0.05, 0) is 30.3 Å². The van der Waals surface area contributed by atoms with E-state index in [0.29, 0.717) is 32.9 Å². The number of thiazole rings is 1. The van der Waals surface area contributed by atoms with Gasteiger partial charge in [0.15, 0.2) is 11.5 Å². The largest absolute Gasteiger partial charge is 0.493 e. The normalized spacial score (nSPS) is 10.6. The van der Waals surface area contributed by atoms with Gasteiger partial charge in [-0.3, -0.25) is 4.79 Å². The highest BCUT2D eigenvalue weighted by atomic mass is 35.5. The molecule has 0 aliphatic rings. The minimum atomic E-state index is -0.372. The van der Waals surface area contributed by atoms with E-state index in [2.05, 4.69) is 20.4 Å². The summed E-state index contributed by atoms with van der Waals surface area (Å²) in [4.78, 5) is 21.3. The molecule has 0 atom stereocenters. The fraction of sp³-hybridized carbons (Fsp3) is 0.100. The average molecular weight is 442 g/mol. The topological polar surface area (TPSA) is 91.2 Å². The van der Waals surface area contributed by atoms with Crippen molar-refractivity contribution >= 4 is 34.5 Å². The number of rotatable bonds is 6. The van der Waals surface area contributed by atoms with E-state index in [4.69, 9.17) is 21.1 Å². The Kier molecular flexibility index (Phi) is 5.64. The SMILES string of the molecule is COc1cccc(-c2nc(C(=O)Nc3cc(Cl)ccc3-n3cncn3)cs2)c1OC. The van der Waals surface area contributed by atoms with Crippen LogP contribution in [0.5, 0.6) is 11.5 Å². The molecule has 0 radical (unpaired) electrons. The van der Waals surface area contributed by atoms with Gasteiger partial charge in [-0.15, -0.1) is 11.3 Å². The third-order valence-corrected chi connectivity index (χ3v) is 5.35. The molecule has 0 aliphatic heterocycles. The van der Waals surface area contributed by atoms with Gasteiger partial charge >= 0.3 is 0 Å². The summed E-state index contributed by atoms with van der Waals surface area (Å²) in [7, 11) is 3.13. The van der Waals surface area contributed by atoms with Crippen LogP contribution in [0, 0.1) is 0 Å². The lowest BCUT2D eigenvalue weighted by Gasteiger charge is -2.11. The molecule has 2 heterocycles. The molecule has 1 amide bonds. The Hall–Kier alpha value is -3.43. The maximum atomic E-state index is 12.9. The Labute approximate surface area is 181 Å². The molecule has 1 N–H and O–H groups in total. The van der Waals surface area contributed by atoms with Crippen molar-refractivity contribution in [1.82, 2.24) is 19.7 Å². The molecule has 0 saturated heterocycles. The van der Waals surface area contributed by atoms with Crippen LogP contribution in [-0.4, -0.2) is 39.9 Å². The van der Waals surface area contributed by atoms with Crippen LogP contribution in [0.4, 0.5) is 5.69 Å². The molecular formula is C20H16ClN5O3S. The third-order valence-electron chi connectivity index (χ3n) is 4.24. The number of para-hydroxylation sites is 1. The van der Waals surface area contributed by atoms with Gasteiger partial charge in [0, 0.05) is 10.4 Å². The second-order valence-electron chi connectivity index (χ2n) is 6.03. The van der Waals surface area contributed by atoms with Gasteiger partial charge < -0.3 is 14.8 Å². The van der Waals surface area contributed by atoms with Gasteiger partial charge in [-0.25, -0.2) is 14.6 Å². The van der Waals surface area contributed by atoms with Crippen LogP contribution < -0.4 is 14.8 Å². The van der Waals surface area contributed by atoms with E-state index in [9.17, 15) is 4.79 Å². The Morgan fingerprint density at radius 2 is 2.07 bits per heavy atom. The minimum Gasteiger partial charge on any atom is -0.493 e. The lowest BCUT2D eigenvalue weighted by Crippen LogP contribution is -2.14. The van der Waals surface area contributed by atoms with Crippen LogP contribution in [0.1, 0.15) is 10.5 Å². The number of anilines is 1. The summed E-state index contributed by atoms with van der Waals surface area (Å²) >= 11 is 7.45. The first-order valence-electron chi connectivity index (χ1n) is 8.73. The zero-order valence-corrected chi connectivity index (χ0v) is 17.6. The van der Waals surface area contributed by atoms with Crippen LogP contribution in [0.15, 0.2) is 54.4 Å². The molecule has 0 bridgehead atoms. The number of carbonyl (C=O) groups excluding carboxylic acids is 1. The summed E-state index contributed by atoms with van der Waals surface area (Å²) < 4.78 is 12.3. The highest BCUT2D eigenvalue weighted by Gasteiger charge is 2.18. The van der Waals surface area contributed by atoms with Gasteiger partial charge in [0.2, 0.25) is 0 Å². The number of amides is 1. The molecule has 2 aromatic carbocycles. The number of nitrogens with zero attached hydrogens (tertiary/aromatic N) is 4. The summed E-state index contributed by atoms with van der Waals surface area (Å²) in [5.41, 5.74) is 2.14. The van der Waals surface area contributed by atoms with Crippen molar-refractivity contribution in [1.29, 1.82) is 0 Å². The number of nitrogens with one attached hydrogen (secondary N) is 1.